The molecule has 0 unspecified atom stereocenters. The molecule has 5 nitrogen and oxygen atoms in total. The number of rotatable bonds is 9. The standard InChI is InChI=1S/C14H20N4OS/c1-2-14(20-9-1)5-7-19-8-6-18-11-13(16-17-18)10-15-12-3-4-12/h1-2,9,11-12,15H,3-8,10H2. The third kappa shape index (κ3) is 4.40. The Morgan fingerprint density at radius 3 is 3.15 bits per heavy atom. The third-order valence-corrected chi connectivity index (χ3v) is 4.21. The maximum Gasteiger partial charge on any atom is 0.0964 e. The van der Waals surface area contributed by atoms with Gasteiger partial charge >= 0.3 is 0 Å². The van der Waals surface area contributed by atoms with Gasteiger partial charge in [-0.15, -0.1) is 16.4 Å². The van der Waals surface area contributed by atoms with Crippen molar-refractivity contribution in [2.45, 2.75) is 38.4 Å². The Balaban J connectivity index is 1.29. The van der Waals surface area contributed by atoms with Crippen molar-refractivity contribution < 1.29 is 4.74 Å². The van der Waals surface area contributed by atoms with Crippen molar-refractivity contribution in [3.05, 3.63) is 34.3 Å². The number of nitrogens with one attached hydrogen (secondary N) is 1. The molecule has 0 atom stereocenters. The van der Waals surface area contributed by atoms with Crippen molar-refractivity contribution in [3.63, 3.8) is 0 Å². The summed E-state index contributed by atoms with van der Waals surface area (Å²) in [6, 6.07) is 4.93. The summed E-state index contributed by atoms with van der Waals surface area (Å²) < 4.78 is 7.49. The first-order chi connectivity index (χ1) is 9.90. The summed E-state index contributed by atoms with van der Waals surface area (Å²) in [5, 5.41) is 13.8. The normalized spacial score (nSPS) is 14.8. The van der Waals surface area contributed by atoms with Crippen LogP contribution in [-0.2, 0) is 24.2 Å². The fourth-order valence-corrected chi connectivity index (χ4v) is 2.64. The minimum absolute atomic E-state index is 0.685. The van der Waals surface area contributed by atoms with Gasteiger partial charge in [0, 0.05) is 30.1 Å². The van der Waals surface area contributed by atoms with Crippen LogP contribution in [-0.4, -0.2) is 34.2 Å². The third-order valence-electron chi connectivity index (χ3n) is 3.27. The molecular weight excluding hydrogens is 272 g/mol. The van der Waals surface area contributed by atoms with E-state index in [4.69, 9.17) is 4.74 Å². The zero-order valence-electron chi connectivity index (χ0n) is 11.5. The lowest BCUT2D eigenvalue weighted by Gasteiger charge is -2.02. The predicted octanol–water partition coefficient (Wildman–Crippen LogP) is 1.85. The van der Waals surface area contributed by atoms with Gasteiger partial charge in [-0.3, -0.25) is 0 Å². The van der Waals surface area contributed by atoms with Gasteiger partial charge in [-0.25, -0.2) is 4.68 Å². The molecule has 0 radical (unpaired) electrons. The Morgan fingerprint density at radius 2 is 2.35 bits per heavy atom. The number of hydrogen-bond acceptors (Lipinski definition) is 5. The van der Waals surface area contributed by atoms with Crippen molar-refractivity contribution in [3.8, 4) is 0 Å². The molecule has 0 saturated heterocycles. The molecule has 1 N–H and O–H groups in total. The van der Waals surface area contributed by atoms with E-state index in [0.717, 1.165) is 31.8 Å². The minimum Gasteiger partial charge on any atom is -0.379 e. The molecule has 0 spiro atoms. The van der Waals surface area contributed by atoms with Crippen LogP contribution in [0.4, 0.5) is 0 Å². The molecule has 2 aromatic rings. The van der Waals surface area contributed by atoms with E-state index in [0.29, 0.717) is 12.6 Å². The summed E-state index contributed by atoms with van der Waals surface area (Å²) >= 11 is 1.78. The second kappa shape index (κ2) is 6.97. The van der Waals surface area contributed by atoms with Gasteiger partial charge in [-0.2, -0.15) is 0 Å². The molecule has 2 heterocycles. The summed E-state index contributed by atoms with van der Waals surface area (Å²) in [7, 11) is 0. The highest BCUT2D eigenvalue weighted by Crippen LogP contribution is 2.18. The number of hydrogen-bond donors (Lipinski definition) is 1. The Hall–Kier alpha value is -1.24. The molecule has 0 bridgehead atoms. The van der Waals surface area contributed by atoms with E-state index in [-0.39, 0.29) is 0 Å². The average Bonchev–Trinajstić information content (AvgIpc) is 2.96. The lowest BCUT2D eigenvalue weighted by atomic mass is 10.4. The second-order valence-electron chi connectivity index (χ2n) is 5.07. The molecule has 0 amide bonds. The smallest absolute Gasteiger partial charge is 0.0964 e. The molecule has 1 aliphatic rings. The Kier molecular flexibility index (Phi) is 4.78. The van der Waals surface area contributed by atoms with E-state index in [2.05, 4.69) is 33.1 Å². The van der Waals surface area contributed by atoms with Crippen LogP contribution in [0, 0.1) is 0 Å². The van der Waals surface area contributed by atoms with Gasteiger partial charge < -0.3 is 10.1 Å². The Labute approximate surface area is 123 Å². The Bertz CT molecular complexity index is 507. The summed E-state index contributed by atoms with van der Waals surface area (Å²) in [6.45, 7) is 3.04. The van der Waals surface area contributed by atoms with Gasteiger partial charge in [0.25, 0.3) is 0 Å². The molecular formula is C14H20N4OS. The van der Waals surface area contributed by atoms with Gasteiger partial charge in [-0.1, -0.05) is 11.3 Å². The van der Waals surface area contributed by atoms with Crippen molar-refractivity contribution in [2.24, 2.45) is 0 Å². The topological polar surface area (TPSA) is 52.0 Å². The molecule has 20 heavy (non-hydrogen) atoms. The molecule has 1 fully saturated rings. The minimum atomic E-state index is 0.685. The molecule has 6 heteroatoms. The van der Waals surface area contributed by atoms with Crippen molar-refractivity contribution >= 4 is 11.3 Å². The van der Waals surface area contributed by atoms with E-state index in [1.807, 2.05) is 10.9 Å². The fourth-order valence-electron chi connectivity index (χ4n) is 1.95. The molecule has 3 rings (SSSR count). The van der Waals surface area contributed by atoms with Crippen LogP contribution in [0.1, 0.15) is 23.4 Å². The predicted molar refractivity (Wildman–Crippen MR) is 78.7 cm³/mol. The van der Waals surface area contributed by atoms with Crippen molar-refractivity contribution in [1.29, 1.82) is 0 Å². The van der Waals surface area contributed by atoms with E-state index in [9.17, 15) is 0 Å². The summed E-state index contributed by atoms with van der Waals surface area (Å²) in [4.78, 5) is 1.37. The highest BCUT2D eigenvalue weighted by atomic mass is 32.1. The van der Waals surface area contributed by atoms with E-state index < -0.39 is 0 Å². The maximum absolute atomic E-state index is 5.63. The quantitative estimate of drug-likeness (QED) is 0.717. The monoisotopic (exact) mass is 292 g/mol. The highest BCUT2D eigenvalue weighted by molar-refractivity contribution is 7.09. The van der Waals surface area contributed by atoms with Crippen LogP contribution < -0.4 is 5.32 Å². The van der Waals surface area contributed by atoms with Gasteiger partial charge in [0.05, 0.1) is 25.5 Å². The molecule has 0 aliphatic heterocycles. The van der Waals surface area contributed by atoms with Crippen LogP contribution in [0.2, 0.25) is 0 Å². The zero-order valence-corrected chi connectivity index (χ0v) is 12.3. The van der Waals surface area contributed by atoms with Gasteiger partial charge in [0.15, 0.2) is 0 Å². The van der Waals surface area contributed by atoms with E-state index in [1.54, 1.807) is 11.3 Å². The second-order valence-corrected chi connectivity index (χ2v) is 6.10. The number of nitrogens with zero attached hydrogens (tertiary/aromatic N) is 3. The van der Waals surface area contributed by atoms with Crippen LogP contribution in [0.5, 0.6) is 0 Å². The van der Waals surface area contributed by atoms with Crippen LogP contribution in [0.3, 0.4) is 0 Å². The van der Waals surface area contributed by atoms with Gasteiger partial charge in [0.1, 0.15) is 0 Å². The first-order valence-corrected chi connectivity index (χ1v) is 8.00. The summed E-state index contributed by atoms with van der Waals surface area (Å²) in [5.41, 5.74) is 1.01. The van der Waals surface area contributed by atoms with Gasteiger partial charge in [0.2, 0.25) is 0 Å². The van der Waals surface area contributed by atoms with E-state index in [1.165, 1.54) is 17.7 Å². The highest BCUT2D eigenvalue weighted by Gasteiger charge is 2.20. The molecule has 108 valence electrons. The summed E-state index contributed by atoms with van der Waals surface area (Å²) in [5.74, 6) is 0. The number of thiophene rings is 1. The van der Waals surface area contributed by atoms with Crippen molar-refractivity contribution in [2.75, 3.05) is 13.2 Å². The van der Waals surface area contributed by atoms with Crippen LogP contribution in [0.25, 0.3) is 0 Å². The Morgan fingerprint density at radius 1 is 1.40 bits per heavy atom. The van der Waals surface area contributed by atoms with Crippen molar-refractivity contribution in [1.82, 2.24) is 20.3 Å². The van der Waals surface area contributed by atoms with E-state index >= 15 is 0 Å². The number of aromatic nitrogens is 3. The molecule has 1 saturated carbocycles. The SMILES string of the molecule is c1csc(CCOCCn2cc(CNC3CC3)nn2)c1. The van der Waals surface area contributed by atoms with Gasteiger partial charge in [-0.05, 0) is 24.3 Å². The lowest BCUT2D eigenvalue weighted by Crippen LogP contribution is -2.15. The first-order valence-electron chi connectivity index (χ1n) is 7.13. The largest absolute Gasteiger partial charge is 0.379 e. The molecule has 2 aromatic heterocycles. The average molecular weight is 292 g/mol. The summed E-state index contributed by atoms with van der Waals surface area (Å²) in [6.07, 6.45) is 5.59. The fraction of sp³-hybridized carbons (Fsp3) is 0.571. The van der Waals surface area contributed by atoms with Crippen LogP contribution in [0.15, 0.2) is 23.7 Å². The first kappa shape index (κ1) is 13.7. The lowest BCUT2D eigenvalue weighted by molar-refractivity contribution is 0.126. The molecule has 0 aromatic carbocycles. The molecule has 1 aliphatic carbocycles. The van der Waals surface area contributed by atoms with Crippen LogP contribution >= 0.6 is 11.3 Å². The number of ether oxygens (including phenoxy) is 1. The maximum atomic E-state index is 5.63. The zero-order chi connectivity index (χ0) is 13.6.